The molecule has 0 aliphatic carbocycles. The highest BCUT2D eigenvalue weighted by molar-refractivity contribution is 8.14. The van der Waals surface area contributed by atoms with Crippen molar-refractivity contribution in [3.63, 3.8) is 0 Å². The van der Waals surface area contributed by atoms with E-state index in [2.05, 4.69) is 34.2 Å². The summed E-state index contributed by atoms with van der Waals surface area (Å²) in [6, 6.07) is 8.40. The van der Waals surface area contributed by atoms with Gasteiger partial charge in [-0.15, -0.1) is 0 Å². The Balaban J connectivity index is 2.10. The fourth-order valence-corrected chi connectivity index (χ4v) is 2.74. The molecule has 3 rings (SSSR count). The van der Waals surface area contributed by atoms with Gasteiger partial charge in [0, 0.05) is 18.8 Å². The van der Waals surface area contributed by atoms with Gasteiger partial charge in [0.15, 0.2) is 5.17 Å². The van der Waals surface area contributed by atoms with E-state index in [1.165, 1.54) is 16.5 Å². The van der Waals surface area contributed by atoms with Crippen LogP contribution in [0.1, 0.15) is 5.56 Å². The third-order valence-corrected chi connectivity index (χ3v) is 3.43. The van der Waals surface area contributed by atoms with E-state index in [0.29, 0.717) is 0 Å². The Morgan fingerprint density at radius 3 is 3.23 bits per heavy atom. The van der Waals surface area contributed by atoms with E-state index in [0.717, 1.165) is 18.8 Å². The van der Waals surface area contributed by atoms with Crippen LogP contribution in [0, 0.1) is 0 Å². The zero-order valence-electron chi connectivity index (χ0n) is 7.23. The van der Waals surface area contributed by atoms with Crippen molar-refractivity contribution >= 4 is 22.6 Å². The number of benzene rings is 1. The fourth-order valence-electron chi connectivity index (χ4n) is 1.75. The van der Waals surface area contributed by atoms with Crippen molar-refractivity contribution in [3.05, 3.63) is 29.8 Å². The third kappa shape index (κ3) is 1.15. The molecule has 13 heavy (non-hydrogen) atoms. The fraction of sp³-hybridized carbons (Fsp3) is 0.300. The molecule has 1 aromatic rings. The van der Waals surface area contributed by atoms with E-state index in [1.807, 2.05) is 11.8 Å². The van der Waals surface area contributed by atoms with Crippen molar-refractivity contribution < 1.29 is 0 Å². The van der Waals surface area contributed by atoms with Crippen molar-refractivity contribution in [1.29, 1.82) is 0 Å². The summed E-state index contributed by atoms with van der Waals surface area (Å²) in [5.41, 5.74) is 2.51. The van der Waals surface area contributed by atoms with Gasteiger partial charge in [-0.1, -0.05) is 30.0 Å². The van der Waals surface area contributed by atoms with E-state index in [1.54, 1.807) is 0 Å². The molecule has 66 valence electrons. The SMILES string of the molecule is c1ccc2c(c1)CN1CCSC1=N2. The minimum atomic E-state index is 1.04. The molecule has 1 aromatic carbocycles. The van der Waals surface area contributed by atoms with Crippen LogP contribution in [0.4, 0.5) is 5.69 Å². The van der Waals surface area contributed by atoms with Gasteiger partial charge in [-0.3, -0.25) is 0 Å². The summed E-state index contributed by atoms with van der Waals surface area (Å²) >= 11 is 1.87. The van der Waals surface area contributed by atoms with Crippen LogP contribution in [-0.2, 0) is 6.54 Å². The second-order valence-corrected chi connectivity index (χ2v) is 4.36. The predicted molar refractivity (Wildman–Crippen MR) is 56.4 cm³/mol. The number of fused-ring (bicyclic) bond motifs is 2. The molecule has 0 saturated carbocycles. The van der Waals surface area contributed by atoms with Crippen LogP contribution >= 0.6 is 11.8 Å². The highest BCUT2D eigenvalue weighted by Gasteiger charge is 2.23. The number of amidine groups is 1. The van der Waals surface area contributed by atoms with Gasteiger partial charge in [0.2, 0.25) is 0 Å². The first-order valence-electron chi connectivity index (χ1n) is 4.48. The maximum Gasteiger partial charge on any atom is 0.164 e. The maximum absolute atomic E-state index is 4.61. The van der Waals surface area contributed by atoms with E-state index in [4.69, 9.17) is 0 Å². The number of para-hydroxylation sites is 1. The number of nitrogens with zero attached hydrogens (tertiary/aromatic N) is 2. The molecule has 2 heterocycles. The molecule has 0 aromatic heterocycles. The van der Waals surface area contributed by atoms with Gasteiger partial charge in [-0.2, -0.15) is 0 Å². The zero-order valence-corrected chi connectivity index (χ0v) is 8.05. The number of rotatable bonds is 0. The molecule has 0 spiro atoms. The molecule has 2 nitrogen and oxygen atoms in total. The van der Waals surface area contributed by atoms with E-state index in [-0.39, 0.29) is 0 Å². The highest BCUT2D eigenvalue weighted by Crippen LogP contribution is 2.31. The Kier molecular flexibility index (Phi) is 1.59. The average Bonchev–Trinajstić information content (AvgIpc) is 2.61. The molecule has 2 aliphatic rings. The van der Waals surface area contributed by atoms with Crippen molar-refractivity contribution in [2.75, 3.05) is 12.3 Å². The lowest BCUT2D eigenvalue weighted by Gasteiger charge is -2.23. The molecular formula is C10H10N2S. The van der Waals surface area contributed by atoms with Crippen LogP contribution in [0.3, 0.4) is 0 Å². The smallest absolute Gasteiger partial charge is 0.164 e. The van der Waals surface area contributed by atoms with E-state index >= 15 is 0 Å². The van der Waals surface area contributed by atoms with E-state index < -0.39 is 0 Å². The monoisotopic (exact) mass is 190 g/mol. The lowest BCUT2D eigenvalue weighted by molar-refractivity contribution is 0.451. The standard InChI is InChI=1S/C10H10N2S/c1-2-4-9-8(3-1)7-12-5-6-13-10(12)11-9/h1-4H,5-7H2. The number of thioether (sulfide) groups is 1. The topological polar surface area (TPSA) is 15.6 Å². The summed E-state index contributed by atoms with van der Waals surface area (Å²) in [5.74, 6) is 1.19. The molecule has 1 saturated heterocycles. The maximum atomic E-state index is 4.61. The van der Waals surface area contributed by atoms with E-state index in [9.17, 15) is 0 Å². The molecule has 0 radical (unpaired) electrons. The second kappa shape index (κ2) is 2.77. The molecule has 3 heteroatoms. The summed E-state index contributed by atoms with van der Waals surface area (Å²) in [6.45, 7) is 2.19. The zero-order chi connectivity index (χ0) is 8.67. The predicted octanol–water partition coefficient (Wildman–Crippen LogP) is 2.24. The molecule has 0 unspecified atom stereocenters. The quantitative estimate of drug-likeness (QED) is 0.623. The second-order valence-electron chi connectivity index (χ2n) is 3.29. The Morgan fingerprint density at radius 2 is 2.23 bits per heavy atom. The molecular weight excluding hydrogens is 180 g/mol. The van der Waals surface area contributed by atoms with Crippen LogP contribution in [0.15, 0.2) is 29.3 Å². The van der Waals surface area contributed by atoms with Gasteiger partial charge in [0.1, 0.15) is 0 Å². The molecule has 0 amide bonds. The van der Waals surface area contributed by atoms with Crippen LogP contribution in [-0.4, -0.2) is 22.4 Å². The summed E-state index contributed by atoms with van der Waals surface area (Å²) in [5, 5.41) is 1.21. The first-order valence-corrected chi connectivity index (χ1v) is 5.46. The van der Waals surface area contributed by atoms with Gasteiger partial charge in [0.25, 0.3) is 0 Å². The molecule has 0 bridgehead atoms. The van der Waals surface area contributed by atoms with Crippen LogP contribution in [0.5, 0.6) is 0 Å². The summed E-state index contributed by atoms with van der Waals surface area (Å²) < 4.78 is 0. The summed E-state index contributed by atoms with van der Waals surface area (Å²) in [4.78, 5) is 6.97. The number of hydrogen-bond acceptors (Lipinski definition) is 3. The minimum absolute atomic E-state index is 1.04. The first-order chi connectivity index (χ1) is 6.43. The highest BCUT2D eigenvalue weighted by atomic mass is 32.2. The third-order valence-electron chi connectivity index (χ3n) is 2.43. The Hall–Kier alpha value is -0.960. The molecule has 2 aliphatic heterocycles. The van der Waals surface area contributed by atoms with Gasteiger partial charge in [-0.25, -0.2) is 4.99 Å². The average molecular weight is 190 g/mol. The van der Waals surface area contributed by atoms with Crippen LogP contribution in [0.25, 0.3) is 0 Å². The van der Waals surface area contributed by atoms with Crippen molar-refractivity contribution in [2.45, 2.75) is 6.54 Å². The molecule has 0 atom stereocenters. The Morgan fingerprint density at radius 1 is 1.31 bits per heavy atom. The van der Waals surface area contributed by atoms with Crippen molar-refractivity contribution in [2.24, 2.45) is 4.99 Å². The largest absolute Gasteiger partial charge is 0.346 e. The summed E-state index contributed by atoms with van der Waals surface area (Å²) in [6.07, 6.45) is 0. The Bertz CT molecular complexity index is 373. The van der Waals surface area contributed by atoms with Crippen LogP contribution < -0.4 is 0 Å². The number of hydrogen-bond donors (Lipinski definition) is 0. The van der Waals surface area contributed by atoms with Gasteiger partial charge < -0.3 is 4.90 Å². The minimum Gasteiger partial charge on any atom is -0.346 e. The lowest BCUT2D eigenvalue weighted by Crippen LogP contribution is -2.26. The lowest BCUT2D eigenvalue weighted by atomic mass is 10.1. The summed E-state index contributed by atoms with van der Waals surface area (Å²) in [7, 11) is 0. The number of aliphatic imine (C=N–C) groups is 1. The molecule has 1 fully saturated rings. The van der Waals surface area contributed by atoms with Gasteiger partial charge in [0.05, 0.1) is 5.69 Å². The normalized spacial score (nSPS) is 19.4. The van der Waals surface area contributed by atoms with Gasteiger partial charge in [-0.05, 0) is 11.6 Å². The van der Waals surface area contributed by atoms with Gasteiger partial charge >= 0.3 is 0 Å². The van der Waals surface area contributed by atoms with Crippen molar-refractivity contribution in [1.82, 2.24) is 4.90 Å². The van der Waals surface area contributed by atoms with Crippen molar-refractivity contribution in [3.8, 4) is 0 Å². The first kappa shape index (κ1) is 7.44. The van der Waals surface area contributed by atoms with Crippen LogP contribution in [0.2, 0.25) is 0 Å². The molecule has 0 N–H and O–H groups in total. The Labute approximate surface area is 81.7 Å².